The fraction of sp³-hybridized carbons (Fsp3) is 0.429. The second kappa shape index (κ2) is 6.27. The van der Waals surface area contributed by atoms with Gasteiger partial charge in [-0.3, -0.25) is 19.7 Å². The van der Waals surface area contributed by atoms with Gasteiger partial charge in [0.1, 0.15) is 0 Å². The predicted octanol–water partition coefficient (Wildman–Crippen LogP) is 1.77. The van der Waals surface area contributed by atoms with Crippen molar-refractivity contribution in [2.24, 2.45) is 0 Å². The Bertz CT molecular complexity index is 536. The molecule has 1 aliphatic rings. The van der Waals surface area contributed by atoms with Crippen LogP contribution in [0.5, 0.6) is 0 Å². The highest BCUT2D eigenvalue weighted by Gasteiger charge is 2.23. The second-order valence-corrected chi connectivity index (χ2v) is 4.94. The number of nitro groups is 1. The molecular weight excluding hydrogens is 260 g/mol. The maximum atomic E-state index is 11.8. The molecule has 2 rings (SSSR count). The van der Waals surface area contributed by atoms with E-state index in [1.807, 2.05) is 0 Å². The van der Waals surface area contributed by atoms with E-state index in [-0.39, 0.29) is 23.7 Å². The first-order valence-electron chi connectivity index (χ1n) is 6.64. The van der Waals surface area contributed by atoms with E-state index in [2.05, 4.69) is 5.32 Å². The molecule has 0 atom stereocenters. The largest absolute Gasteiger partial charge is 0.347 e. The van der Waals surface area contributed by atoms with Crippen molar-refractivity contribution in [3.8, 4) is 0 Å². The van der Waals surface area contributed by atoms with Crippen molar-refractivity contribution in [3.63, 3.8) is 0 Å². The third-order valence-electron chi connectivity index (χ3n) is 3.48. The Morgan fingerprint density at radius 2 is 1.90 bits per heavy atom. The van der Waals surface area contributed by atoms with Gasteiger partial charge >= 0.3 is 0 Å². The third-order valence-corrected chi connectivity index (χ3v) is 3.48. The second-order valence-electron chi connectivity index (χ2n) is 4.94. The lowest BCUT2D eigenvalue weighted by atomic mass is 10.1. The van der Waals surface area contributed by atoms with Gasteiger partial charge in [-0.25, -0.2) is 0 Å². The van der Waals surface area contributed by atoms with Gasteiger partial charge in [-0.2, -0.15) is 0 Å². The molecule has 6 nitrogen and oxygen atoms in total. The standard InChI is InChI=1S/C14H16N2O4/c17-13(14(18)15-11-6-2-3-7-11)9-10-5-1-4-8-12(10)16(19)20/h1,4-5,8,11H,2-3,6-7,9H2,(H,15,18). The molecule has 1 fully saturated rings. The van der Waals surface area contributed by atoms with Gasteiger partial charge in [-0.05, 0) is 12.8 Å². The summed E-state index contributed by atoms with van der Waals surface area (Å²) in [5, 5.41) is 13.5. The first-order chi connectivity index (χ1) is 9.58. The number of benzene rings is 1. The molecule has 1 aliphatic carbocycles. The Morgan fingerprint density at radius 1 is 1.25 bits per heavy atom. The normalized spacial score (nSPS) is 15.0. The summed E-state index contributed by atoms with van der Waals surface area (Å²) in [6, 6.07) is 6.04. The van der Waals surface area contributed by atoms with Crippen LogP contribution < -0.4 is 5.32 Å². The van der Waals surface area contributed by atoms with Crippen molar-refractivity contribution < 1.29 is 14.5 Å². The first kappa shape index (κ1) is 14.2. The Kier molecular flexibility index (Phi) is 4.45. The molecule has 20 heavy (non-hydrogen) atoms. The van der Waals surface area contributed by atoms with Crippen LogP contribution in [0, 0.1) is 10.1 Å². The van der Waals surface area contributed by atoms with Crippen LogP contribution in [0.3, 0.4) is 0 Å². The Hall–Kier alpha value is -2.24. The number of carbonyl (C=O) groups excluding carboxylic acids is 2. The van der Waals surface area contributed by atoms with Crippen molar-refractivity contribution in [2.75, 3.05) is 0 Å². The average molecular weight is 276 g/mol. The minimum atomic E-state index is -0.643. The van der Waals surface area contributed by atoms with Crippen LogP contribution in [0.15, 0.2) is 24.3 Å². The van der Waals surface area contributed by atoms with Crippen LogP contribution in [-0.2, 0) is 16.0 Å². The number of hydrogen-bond donors (Lipinski definition) is 1. The molecule has 0 unspecified atom stereocenters. The lowest BCUT2D eigenvalue weighted by Crippen LogP contribution is -2.38. The van der Waals surface area contributed by atoms with Gasteiger partial charge in [-0.1, -0.05) is 31.0 Å². The summed E-state index contributed by atoms with van der Waals surface area (Å²) in [5.74, 6) is -1.28. The van der Waals surface area contributed by atoms with Gasteiger partial charge in [-0.15, -0.1) is 0 Å². The third kappa shape index (κ3) is 3.40. The highest BCUT2D eigenvalue weighted by atomic mass is 16.6. The molecule has 1 saturated carbocycles. The molecule has 0 heterocycles. The molecule has 0 spiro atoms. The van der Waals surface area contributed by atoms with E-state index in [1.54, 1.807) is 6.07 Å². The van der Waals surface area contributed by atoms with E-state index < -0.39 is 16.6 Å². The minimum Gasteiger partial charge on any atom is -0.347 e. The van der Waals surface area contributed by atoms with Crippen molar-refractivity contribution in [1.29, 1.82) is 0 Å². The van der Waals surface area contributed by atoms with Gasteiger partial charge in [0.25, 0.3) is 11.6 Å². The predicted molar refractivity (Wildman–Crippen MR) is 72.2 cm³/mol. The molecule has 1 aromatic rings. The van der Waals surface area contributed by atoms with E-state index in [4.69, 9.17) is 0 Å². The summed E-state index contributed by atoms with van der Waals surface area (Å²) in [7, 11) is 0. The summed E-state index contributed by atoms with van der Waals surface area (Å²) in [6.07, 6.45) is 3.66. The van der Waals surface area contributed by atoms with E-state index in [0.29, 0.717) is 0 Å². The Balaban J connectivity index is 2.00. The zero-order valence-electron chi connectivity index (χ0n) is 11.0. The molecule has 1 aromatic carbocycles. The maximum Gasteiger partial charge on any atom is 0.287 e. The fourth-order valence-corrected chi connectivity index (χ4v) is 2.43. The van der Waals surface area contributed by atoms with Crippen LogP contribution in [0.25, 0.3) is 0 Å². The molecule has 6 heteroatoms. The fourth-order valence-electron chi connectivity index (χ4n) is 2.43. The zero-order chi connectivity index (χ0) is 14.5. The molecule has 0 radical (unpaired) electrons. The Labute approximate surface area is 116 Å². The van der Waals surface area contributed by atoms with Crippen molar-refractivity contribution in [1.82, 2.24) is 5.32 Å². The van der Waals surface area contributed by atoms with Crippen molar-refractivity contribution in [2.45, 2.75) is 38.1 Å². The molecule has 106 valence electrons. The van der Waals surface area contributed by atoms with Crippen LogP contribution in [0.4, 0.5) is 5.69 Å². The monoisotopic (exact) mass is 276 g/mol. The van der Waals surface area contributed by atoms with Gasteiger partial charge in [0.05, 0.1) is 4.92 Å². The van der Waals surface area contributed by atoms with E-state index >= 15 is 0 Å². The Morgan fingerprint density at radius 3 is 2.55 bits per heavy atom. The van der Waals surface area contributed by atoms with E-state index in [0.717, 1.165) is 25.7 Å². The average Bonchev–Trinajstić information content (AvgIpc) is 2.91. The minimum absolute atomic E-state index is 0.0669. The number of amides is 1. The molecule has 0 aromatic heterocycles. The number of para-hydroxylation sites is 1. The number of ketones is 1. The van der Waals surface area contributed by atoms with Crippen LogP contribution in [0.1, 0.15) is 31.2 Å². The van der Waals surface area contributed by atoms with Gasteiger partial charge in [0.15, 0.2) is 0 Å². The van der Waals surface area contributed by atoms with Crippen LogP contribution in [0.2, 0.25) is 0 Å². The number of Topliss-reactive ketones (excluding diaryl/α,β-unsaturated/α-hetero) is 1. The van der Waals surface area contributed by atoms with Crippen LogP contribution in [-0.4, -0.2) is 22.7 Å². The number of hydrogen-bond acceptors (Lipinski definition) is 4. The van der Waals surface area contributed by atoms with Crippen molar-refractivity contribution in [3.05, 3.63) is 39.9 Å². The highest BCUT2D eigenvalue weighted by molar-refractivity contribution is 6.36. The SMILES string of the molecule is O=C(Cc1ccccc1[N+](=O)[O-])C(=O)NC1CCCC1. The van der Waals surface area contributed by atoms with E-state index in [1.165, 1.54) is 18.2 Å². The summed E-state index contributed by atoms with van der Waals surface area (Å²) in [5.41, 5.74) is 0.138. The molecular formula is C14H16N2O4. The number of nitrogens with zero attached hydrogens (tertiary/aromatic N) is 1. The quantitative estimate of drug-likeness (QED) is 0.504. The maximum absolute atomic E-state index is 11.8. The molecule has 0 saturated heterocycles. The smallest absolute Gasteiger partial charge is 0.287 e. The molecule has 1 N–H and O–H groups in total. The number of nitrogens with one attached hydrogen (secondary N) is 1. The number of carbonyl (C=O) groups is 2. The molecule has 0 aliphatic heterocycles. The van der Waals surface area contributed by atoms with Gasteiger partial charge in [0, 0.05) is 24.1 Å². The lowest BCUT2D eigenvalue weighted by Gasteiger charge is -2.10. The number of rotatable bonds is 5. The molecule has 1 amide bonds. The summed E-state index contributed by atoms with van der Waals surface area (Å²) in [6.45, 7) is 0. The van der Waals surface area contributed by atoms with Crippen molar-refractivity contribution >= 4 is 17.4 Å². The highest BCUT2D eigenvalue weighted by Crippen LogP contribution is 2.19. The van der Waals surface area contributed by atoms with Gasteiger partial charge in [0.2, 0.25) is 5.78 Å². The molecule has 0 bridgehead atoms. The van der Waals surface area contributed by atoms with Gasteiger partial charge < -0.3 is 5.32 Å². The van der Waals surface area contributed by atoms with E-state index in [9.17, 15) is 19.7 Å². The summed E-state index contributed by atoms with van der Waals surface area (Å²) >= 11 is 0. The topological polar surface area (TPSA) is 89.3 Å². The zero-order valence-corrected chi connectivity index (χ0v) is 11.0. The summed E-state index contributed by atoms with van der Waals surface area (Å²) < 4.78 is 0. The lowest BCUT2D eigenvalue weighted by molar-refractivity contribution is -0.385. The number of nitro benzene ring substituents is 1. The summed E-state index contributed by atoms with van der Waals surface area (Å²) in [4.78, 5) is 33.9. The van der Waals surface area contributed by atoms with Crippen LogP contribution >= 0.6 is 0 Å². The first-order valence-corrected chi connectivity index (χ1v) is 6.64.